The van der Waals surface area contributed by atoms with E-state index in [9.17, 15) is 31.9 Å². The fourth-order valence-electron chi connectivity index (χ4n) is 4.20. The zero-order valence-electron chi connectivity index (χ0n) is 28.7. The number of aryl methyl sites for hydroxylation is 1. The van der Waals surface area contributed by atoms with Crippen LogP contribution < -0.4 is 38.8 Å². The van der Waals surface area contributed by atoms with Crippen LogP contribution in [0, 0.1) is 6.92 Å². The van der Waals surface area contributed by atoms with E-state index < -0.39 is 28.2 Å². The SMILES string of the molecule is COc1cc(OC)nc(Oc2cccc(Oc3nc(OC)cc(OC)n3)c2C(=O)O)n1.Cc1nn(-c2cc(NS(C)(=O)=O)c(Cl)cc2Cl)c(=O)n1C(F)F. The lowest BCUT2D eigenvalue weighted by molar-refractivity contribution is 0.0639. The minimum absolute atomic E-state index is 0.0257. The van der Waals surface area contributed by atoms with Gasteiger partial charge in [0.2, 0.25) is 33.5 Å². The third-order valence-corrected chi connectivity index (χ3v) is 7.70. The number of aromatic carboxylic acids is 1. The molecule has 0 spiro atoms. The second-order valence-corrected chi connectivity index (χ2v) is 12.7. The monoisotopic (exact) mass is 816 g/mol. The van der Waals surface area contributed by atoms with E-state index in [2.05, 4.69) is 29.8 Å². The molecule has 0 bridgehead atoms. The molecule has 0 fully saturated rings. The first-order chi connectivity index (χ1) is 25.5. The van der Waals surface area contributed by atoms with Crippen LogP contribution >= 0.6 is 23.2 Å². The van der Waals surface area contributed by atoms with Gasteiger partial charge in [0, 0.05) is 0 Å². The molecule has 0 saturated carbocycles. The highest BCUT2D eigenvalue weighted by molar-refractivity contribution is 7.92. The Labute approximate surface area is 314 Å². The highest BCUT2D eigenvalue weighted by atomic mass is 35.5. The minimum atomic E-state index is -3.65. The number of methoxy groups -OCH3 is 4. The number of carboxylic acid groups (broad SMARTS) is 1. The van der Waals surface area contributed by atoms with Gasteiger partial charge in [0.15, 0.2) is 0 Å². The van der Waals surface area contributed by atoms with Gasteiger partial charge in [0.1, 0.15) is 22.9 Å². The lowest BCUT2D eigenvalue weighted by Gasteiger charge is -2.13. The van der Waals surface area contributed by atoms with E-state index in [0.717, 1.165) is 12.3 Å². The third kappa shape index (κ3) is 9.90. The number of benzene rings is 2. The number of hydrogen-bond donors (Lipinski definition) is 2. The van der Waals surface area contributed by atoms with Gasteiger partial charge in [-0.05, 0) is 31.2 Å². The Kier molecular flexibility index (Phi) is 13.0. The molecular formula is C30H28Cl2F2N8O11S. The van der Waals surface area contributed by atoms with Crippen LogP contribution in [0.25, 0.3) is 5.69 Å². The van der Waals surface area contributed by atoms with Gasteiger partial charge in [-0.15, -0.1) is 5.10 Å². The molecule has 5 rings (SSSR count). The zero-order chi connectivity index (χ0) is 39.9. The van der Waals surface area contributed by atoms with Crippen LogP contribution in [-0.4, -0.2) is 88.5 Å². The molecule has 0 atom stereocenters. The van der Waals surface area contributed by atoms with E-state index >= 15 is 0 Å². The van der Waals surface area contributed by atoms with Crippen molar-refractivity contribution >= 4 is 44.9 Å². The Hall–Kier alpha value is -6.00. The number of nitrogens with one attached hydrogen (secondary N) is 1. The maximum Gasteiger partial charge on any atom is 0.355 e. The second-order valence-electron chi connectivity index (χ2n) is 10.2. The first kappa shape index (κ1) is 40.8. The lowest BCUT2D eigenvalue weighted by Crippen LogP contribution is -2.25. The number of ether oxygens (including phenoxy) is 6. The topological polar surface area (TPSA) is 230 Å². The van der Waals surface area contributed by atoms with Crippen LogP contribution in [0.15, 0.2) is 47.3 Å². The highest BCUT2D eigenvalue weighted by Gasteiger charge is 2.23. The Morgan fingerprint density at radius 1 is 0.833 bits per heavy atom. The molecule has 3 heterocycles. The summed E-state index contributed by atoms with van der Waals surface area (Å²) in [5.74, 6) is -1.05. The number of hydrogen-bond acceptors (Lipinski definition) is 15. The molecule has 24 heteroatoms. The van der Waals surface area contributed by atoms with Crippen molar-refractivity contribution in [2.45, 2.75) is 13.5 Å². The Balaban J connectivity index is 0.000000252. The predicted molar refractivity (Wildman–Crippen MR) is 186 cm³/mol. The molecule has 5 aromatic rings. The minimum Gasteiger partial charge on any atom is -0.481 e. The van der Waals surface area contributed by atoms with Gasteiger partial charge in [-0.3, -0.25) is 4.72 Å². The number of sulfonamides is 1. The van der Waals surface area contributed by atoms with Crippen molar-refractivity contribution < 1.29 is 55.5 Å². The fraction of sp³-hybridized carbons (Fsp3) is 0.233. The lowest BCUT2D eigenvalue weighted by atomic mass is 10.2. The molecule has 0 radical (unpaired) electrons. The molecule has 54 heavy (non-hydrogen) atoms. The number of nitrogens with zero attached hydrogens (tertiary/aromatic N) is 7. The summed E-state index contributed by atoms with van der Waals surface area (Å²) in [6.45, 7) is -1.85. The summed E-state index contributed by atoms with van der Waals surface area (Å²) in [7, 11) is 1.98. The second kappa shape index (κ2) is 17.2. The van der Waals surface area contributed by atoms with Crippen LogP contribution in [0.5, 0.6) is 47.0 Å². The quantitative estimate of drug-likeness (QED) is 0.159. The average Bonchev–Trinajstić information content (AvgIpc) is 3.41. The molecule has 0 amide bonds. The van der Waals surface area contributed by atoms with Crippen molar-refractivity contribution in [2.75, 3.05) is 39.4 Å². The van der Waals surface area contributed by atoms with E-state index in [0.29, 0.717) is 4.68 Å². The molecule has 2 N–H and O–H groups in total. The largest absolute Gasteiger partial charge is 0.481 e. The van der Waals surface area contributed by atoms with Crippen molar-refractivity contribution in [1.29, 1.82) is 0 Å². The van der Waals surface area contributed by atoms with Gasteiger partial charge in [0.05, 0.1) is 68.2 Å². The van der Waals surface area contributed by atoms with Crippen LogP contribution in [0.1, 0.15) is 22.7 Å². The zero-order valence-corrected chi connectivity index (χ0v) is 31.0. The van der Waals surface area contributed by atoms with Gasteiger partial charge in [-0.2, -0.15) is 33.4 Å². The van der Waals surface area contributed by atoms with Crippen molar-refractivity contribution in [3.8, 4) is 52.7 Å². The van der Waals surface area contributed by atoms with E-state index in [1.807, 2.05) is 0 Å². The summed E-state index contributed by atoms with van der Waals surface area (Å²) in [4.78, 5) is 40.1. The average molecular weight is 818 g/mol. The number of carbonyl (C=O) groups is 1. The van der Waals surface area contributed by atoms with Crippen LogP contribution in [0.3, 0.4) is 0 Å². The van der Waals surface area contributed by atoms with E-state index in [1.54, 1.807) is 0 Å². The summed E-state index contributed by atoms with van der Waals surface area (Å²) in [5.41, 5.74) is -1.58. The van der Waals surface area contributed by atoms with Crippen LogP contribution in [-0.2, 0) is 10.0 Å². The van der Waals surface area contributed by atoms with Crippen LogP contribution in [0.2, 0.25) is 10.0 Å². The summed E-state index contributed by atoms with van der Waals surface area (Å²) in [5, 5.41) is 13.4. The normalized spacial score (nSPS) is 10.9. The highest BCUT2D eigenvalue weighted by Crippen LogP contribution is 2.35. The summed E-state index contributed by atoms with van der Waals surface area (Å²) >= 11 is 11.8. The summed E-state index contributed by atoms with van der Waals surface area (Å²) in [6.07, 6.45) is 0.902. The third-order valence-electron chi connectivity index (χ3n) is 6.49. The van der Waals surface area contributed by atoms with Gasteiger partial charge in [0.25, 0.3) is 0 Å². The maximum atomic E-state index is 12.8. The van der Waals surface area contributed by atoms with E-state index in [4.69, 9.17) is 51.6 Å². The standard InChI is InChI=1S/C19H18N4O8.C11H10Cl2F2N4O3S/c1-26-12-8-13(27-2)21-18(20-12)30-10-6-5-7-11(16(10)17(24)25)31-19-22-14(28-3)9-15(23-19)29-4;1-5-16-19(11(20)18(5)10(14)15)9-4-8(17-23(2,21)22)6(12)3-7(9)13/h5-9H,1-4H3,(H,24,25);3-4,10,17H,1-2H3. The number of aromatic nitrogens is 7. The Bertz CT molecular complexity index is 2230. The van der Waals surface area contributed by atoms with Crippen LogP contribution in [0.4, 0.5) is 14.5 Å². The number of rotatable bonds is 13. The number of halogens is 4. The van der Waals surface area contributed by atoms with Gasteiger partial charge < -0.3 is 33.5 Å². The van der Waals surface area contributed by atoms with Crippen molar-refractivity contribution in [3.05, 3.63) is 74.4 Å². The van der Waals surface area contributed by atoms with Gasteiger partial charge in [-0.25, -0.2) is 22.6 Å². The maximum absolute atomic E-state index is 12.8. The molecule has 3 aromatic heterocycles. The molecule has 2 aromatic carbocycles. The molecule has 0 saturated heterocycles. The molecule has 19 nitrogen and oxygen atoms in total. The summed E-state index contributed by atoms with van der Waals surface area (Å²) in [6, 6.07) is 9.18. The molecule has 0 unspecified atom stereocenters. The van der Waals surface area contributed by atoms with Crippen molar-refractivity contribution in [3.63, 3.8) is 0 Å². The smallest absolute Gasteiger partial charge is 0.355 e. The molecular weight excluding hydrogens is 789 g/mol. The van der Waals surface area contributed by atoms with Crippen molar-refractivity contribution in [2.24, 2.45) is 0 Å². The molecule has 288 valence electrons. The number of alkyl halides is 2. The Morgan fingerprint density at radius 3 is 1.67 bits per heavy atom. The van der Waals surface area contributed by atoms with Gasteiger partial charge >= 0.3 is 30.2 Å². The molecule has 0 aliphatic carbocycles. The molecule has 0 aliphatic rings. The van der Waals surface area contributed by atoms with Gasteiger partial charge in [-0.1, -0.05) is 29.3 Å². The van der Waals surface area contributed by atoms with E-state index in [-0.39, 0.29) is 84.4 Å². The van der Waals surface area contributed by atoms with Crippen molar-refractivity contribution in [1.82, 2.24) is 34.3 Å². The number of anilines is 1. The van der Waals surface area contributed by atoms with E-state index in [1.165, 1.54) is 71.8 Å². The molecule has 0 aliphatic heterocycles. The first-order valence-electron chi connectivity index (χ1n) is 14.6. The summed E-state index contributed by atoms with van der Waals surface area (Å²) < 4.78 is 82.7. The number of carboxylic acids is 1. The fourth-order valence-corrected chi connectivity index (χ4v) is 5.34. The Morgan fingerprint density at radius 2 is 1.30 bits per heavy atom. The predicted octanol–water partition coefficient (Wildman–Crippen LogP) is 5.00. The first-order valence-corrected chi connectivity index (χ1v) is 17.2.